The van der Waals surface area contributed by atoms with E-state index in [1.54, 1.807) is 12.5 Å². The smallest absolute Gasteiger partial charge is 0.203 e. The first-order valence-electron chi connectivity index (χ1n) is 6.34. The number of anilines is 1. The van der Waals surface area contributed by atoms with Crippen LogP contribution in [0.2, 0.25) is 0 Å². The lowest BCUT2D eigenvalue weighted by atomic mass is 10.3. The predicted octanol–water partition coefficient (Wildman–Crippen LogP) is 1.83. The van der Waals surface area contributed by atoms with Gasteiger partial charge >= 0.3 is 0 Å². The summed E-state index contributed by atoms with van der Waals surface area (Å²) < 4.78 is 4.01. The molecule has 0 aliphatic rings. The van der Waals surface area contributed by atoms with Crippen molar-refractivity contribution in [3.63, 3.8) is 0 Å². The van der Waals surface area contributed by atoms with Crippen molar-refractivity contribution in [1.82, 2.24) is 24.3 Å². The van der Waals surface area contributed by atoms with Gasteiger partial charge in [0.1, 0.15) is 6.33 Å². The number of nitrogens with one attached hydrogen (secondary N) is 1. The molecule has 0 saturated heterocycles. The molecule has 98 valence electrons. The van der Waals surface area contributed by atoms with Gasteiger partial charge in [0.15, 0.2) is 5.82 Å². The van der Waals surface area contributed by atoms with Gasteiger partial charge in [-0.2, -0.15) is 0 Å². The second-order valence-corrected chi connectivity index (χ2v) is 4.41. The van der Waals surface area contributed by atoms with Gasteiger partial charge in [-0.3, -0.25) is 0 Å². The lowest BCUT2D eigenvalue weighted by Gasteiger charge is -2.16. The highest BCUT2D eigenvalue weighted by atomic mass is 15.3. The minimum absolute atomic E-state index is 0.115. The fourth-order valence-electron chi connectivity index (χ4n) is 1.93. The first-order valence-corrected chi connectivity index (χ1v) is 6.34. The Morgan fingerprint density at radius 2 is 2.28 bits per heavy atom. The Balaban J connectivity index is 2.13. The van der Waals surface area contributed by atoms with E-state index in [2.05, 4.69) is 38.9 Å². The lowest BCUT2D eigenvalue weighted by molar-refractivity contribution is 0.577. The van der Waals surface area contributed by atoms with Crippen LogP contribution in [0.4, 0.5) is 5.95 Å². The topological polar surface area (TPSA) is 60.6 Å². The maximum absolute atomic E-state index is 4.34. The van der Waals surface area contributed by atoms with E-state index in [0.717, 1.165) is 24.7 Å². The van der Waals surface area contributed by atoms with Crippen molar-refractivity contribution in [2.45, 2.75) is 32.7 Å². The molecule has 1 unspecified atom stereocenters. The summed E-state index contributed by atoms with van der Waals surface area (Å²) in [5, 5.41) is 11.4. The zero-order chi connectivity index (χ0) is 13.0. The Hall–Kier alpha value is -1.85. The molecule has 18 heavy (non-hydrogen) atoms. The van der Waals surface area contributed by atoms with Crippen LogP contribution in [0.1, 0.15) is 38.6 Å². The predicted molar refractivity (Wildman–Crippen MR) is 70.4 cm³/mol. The zero-order valence-electron chi connectivity index (χ0n) is 11.2. The molecular formula is C12H20N6. The van der Waals surface area contributed by atoms with E-state index >= 15 is 0 Å². The average Bonchev–Trinajstić information content (AvgIpc) is 2.97. The van der Waals surface area contributed by atoms with Crippen LogP contribution in [-0.2, 0) is 7.05 Å². The normalized spacial score (nSPS) is 12.6. The van der Waals surface area contributed by atoms with Gasteiger partial charge in [0, 0.05) is 26.0 Å². The van der Waals surface area contributed by atoms with Crippen molar-refractivity contribution in [3.8, 4) is 0 Å². The number of aromatic nitrogens is 5. The van der Waals surface area contributed by atoms with Crippen LogP contribution in [0, 0.1) is 0 Å². The average molecular weight is 248 g/mol. The summed E-state index contributed by atoms with van der Waals surface area (Å²) in [6, 6.07) is 0.115. The molecule has 6 heteroatoms. The van der Waals surface area contributed by atoms with E-state index in [4.69, 9.17) is 0 Å². The van der Waals surface area contributed by atoms with Gasteiger partial charge in [0.05, 0.1) is 6.04 Å². The summed E-state index contributed by atoms with van der Waals surface area (Å²) in [5.74, 6) is 1.81. The number of nitrogens with zero attached hydrogens (tertiary/aromatic N) is 5. The van der Waals surface area contributed by atoms with Crippen LogP contribution in [0.15, 0.2) is 18.7 Å². The van der Waals surface area contributed by atoms with E-state index in [9.17, 15) is 0 Å². The van der Waals surface area contributed by atoms with Crippen molar-refractivity contribution in [2.75, 3.05) is 11.9 Å². The van der Waals surface area contributed by atoms with Gasteiger partial charge in [0.25, 0.3) is 0 Å². The Morgan fingerprint density at radius 1 is 1.44 bits per heavy atom. The van der Waals surface area contributed by atoms with E-state index < -0.39 is 0 Å². The molecule has 0 bridgehead atoms. The third-order valence-corrected chi connectivity index (χ3v) is 3.02. The number of hydrogen-bond donors (Lipinski definition) is 1. The summed E-state index contributed by atoms with van der Waals surface area (Å²) in [5.41, 5.74) is 0. The van der Waals surface area contributed by atoms with E-state index in [1.165, 1.54) is 6.42 Å². The minimum Gasteiger partial charge on any atom is -0.356 e. The van der Waals surface area contributed by atoms with Gasteiger partial charge in [-0.15, -0.1) is 10.2 Å². The number of rotatable bonds is 6. The standard InChI is InChI=1S/C12H20N6/c1-4-5-6-13-12-14-7-8-18(12)10(2)11-16-15-9-17(11)3/h7-10H,4-6H2,1-3H3,(H,13,14). The molecule has 0 radical (unpaired) electrons. The Kier molecular flexibility index (Phi) is 3.96. The van der Waals surface area contributed by atoms with Crippen molar-refractivity contribution in [1.29, 1.82) is 0 Å². The molecule has 0 saturated carbocycles. The van der Waals surface area contributed by atoms with Crippen LogP contribution in [0.25, 0.3) is 0 Å². The summed E-state index contributed by atoms with van der Waals surface area (Å²) in [7, 11) is 1.95. The number of unbranched alkanes of at least 4 members (excludes halogenated alkanes) is 1. The highest BCUT2D eigenvalue weighted by Gasteiger charge is 2.16. The van der Waals surface area contributed by atoms with E-state index in [-0.39, 0.29) is 6.04 Å². The molecule has 0 amide bonds. The molecule has 0 aromatic carbocycles. The van der Waals surface area contributed by atoms with Gasteiger partial charge in [-0.1, -0.05) is 13.3 Å². The van der Waals surface area contributed by atoms with Crippen LogP contribution in [0.3, 0.4) is 0 Å². The minimum atomic E-state index is 0.115. The number of hydrogen-bond acceptors (Lipinski definition) is 4. The monoisotopic (exact) mass is 248 g/mol. The highest BCUT2D eigenvalue weighted by Crippen LogP contribution is 2.19. The van der Waals surface area contributed by atoms with Crippen molar-refractivity contribution in [3.05, 3.63) is 24.5 Å². The number of imidazole rings is 1. The van der Waals surface area contributed by atoms with Crippen molar-refractivity contribution in [2.24, 2.45) is 7.05 Å². The summed E-state index contributed by atoms with van der Waals surface area (Å²) >= 11 is 0. The molecule has 2 aromatic rings. The zero-order valence-corrected chi connectivity index (χ0v) is 11.2. The fourth-order valence-corrected chi connectivity index (χ4v) is 1.93. The largest absolute Gasteiger partial charge is 0.356 e. The van der Waals surface area contributed by atoms with Crippen molar-refractivity contribution >= 4 is 5.95 Å². The Morgan fingerprint density at radius 3 is 2.94 bits per heavy atom. The molecule has 0 spiro atoms. The molecule has 2 aromatic heterocycles. The first-order chi connectivity index (χ1) is 8.74. The molecule has 6 nitrogen and oxygen atoms in total. The quantitative estimate of drug-likeness (QED) is 0.792. The SMILES string of the molecule is CCCCNc1nccn1C(C)c1nncn1C. The molecule has 1 N–H and O–H groups in total. The second-order valence-electron chi connectivity index (χ2n) is 4.41. The fraction of sp³-hybridized carbons (Fsp3) is 0.583. The third-order valence-electron chi connectivity index (χ3n) is 3.02. The third kappa shape index (κ3) is 2.52. The maximum atomic E-state index is 4.34. The Bertz CT molecular complexity index is 486. The summed E-state index contributed by atoms with van der Waals surface area (Å²) in [4.78, 5) is 4.34. The Labute approximate surface area is 107 Å². The van der Waals surface area contributed by atoms with Crippen molar-refractivity contribution < 1.29 is 0 Å². The molecule has 0 fully saturated rings. The summed E-state index contributed by atoms with van der Waals surface area (Å²) in [6.45, 7) is 5.21. The second kappa shape index (κ2) is 5.66. The van der Waals surface area contributed by atoms with E-state index in [0.29, 0.717) is 0 Å². The van der Waals surface area contributed by atoms with Crippen LogP contribution < -0.4 is 5.32 Å². The van der Waals surface area contributed by atoms with Gasteiger partial charge in [-0.25, -0.2) is 4.98 Å². The van der Waals surface area contributed by atoms with Gasteiger partial charge < -0.3 is 14.5 Å². The van der Waals surface area contributed by atoms with Gasteiger partial charge in [-0.05, 0) is 13.3 Å². The van der Waals surface area contributed by atoms with Crippen LogP contribution in [0.5, 0.6) is 0 Å². The molecule has 1 atom stereocenters. The maximum Gasteiger partial charge on any atom is 0.203 e. The first kappa shape index (κ1) is 12.6. The van der Waals surface area contributed by atoms with Gasteiger partial charge in [0.2, 0.25) is 5.95 Å². The van der Waals surface area contributed by atoms with Crippen LogP contribution in [-0.4, -0.2) is 30.9 Å². The van der Waals surface area contributed by atoms with Crippen LogP contribution >= 0.6 is 0 Å². The molecule has 0 aliphatic heterocycles. The number of aryl methyl sites for hydroxylation is 1. The molecule has 2 rings (SSSR count). The molecular weight excluding hydrogens is 228 g/mol. The van der Waals surface area contributed by atoms with E-state index in [1.807, 2.05) is 17.8 Å². The highest BCUT2D eigenvalue weighted by molar-refractivity contribution is 5.27. The molecule has 0 aliphatic carbocycles. The lowest BCUT2D eigenvalue weighted by Crippen LogP contribution is -2.15. The molecule has 2 heterocycles. The summed E-state index contributed by atoms with van der Waals surface area (Å²) in [6.07, 6.45) is 7.81.